The molecule has 3 aromatic heterocycles. The third-order valence-corrected chi connectivity index (χ3v) is 10.1. The number of aliphatic carboxylic acids is 1. The Bertz CT molecular complexity index is 2230. The van der Waals surface area contributed by atoms with Crippen LogP contribution < -0.4 is 5.32 Å². The fourth-order valence-corrected chi connectivity index (χ4v) is 7.14. The topological polar surface area (TPSA) is 176 Å². The number of hydrogen-bond donors (Lipinski definition) is 4. The van der Waals surface area contributed by atoms with Gasteiger partial charge in [0.15, 0.2) is 0 Å². The molecular weight excluding hydrogens is 777 g/mol. The van der Waals surface area contributed by atoms with Gasteiger partial charge in [0.25, 0.3) is 5.91 Å². The fraction of sp³-hybridized carbons (Fsp3) is 0.333. The summed E-state index contributed by atoms with van der Waals surface area (Å²) < 4.78 is 12.0. The van der Waals surface area contributed by atoms with Gasteiger partial charge < -0.3 is 29.9 Å². The number of halogens is 1. The van der Waals surface area contributed by atoms with E-state index in [-0.39, 0.29) is 36.6 Å². The van der Waals surface area contributed by atoms with Crippen LogP contribution in [0.5, 0.6) is 0 Å². The van der Waals surface area contributed by atoms with E-state index in [4.69, 9.17) is 19.4 Å². The number of H-pyrrole nitrogens is 2. The third-order valence-electron chi connectivity index (χ3n) is 9.70. The summed E-state index contributed by atoms with van der Waals surface area (Å²) in [5, 5.41) is 12.0. The van der Waals surface area contributed by atoms with Crippen LogP contribution in [-0.2, 0) is 41.5 Å². The molecule has 4 N–H and O–H groups in total. The number of esters is 2. The number of methoxy groups -OCH3 is 2. The first-order valence-electron chi connectivity index (χ1n) is 16.9. The Morgan fingerprint density at radius 1 is 0.962 bits per heavy atom. The zero-order valence-electron chi connectivity index (χ0n) is 30.2. The van der Waals surface area contributed by atoms with Gasteiger partial charge in [0.05, 0.1) is 49.7 Å². The molecular formula is C39H42IN5O7. The molecule has 52 heavy (non-hydrogen) atoms. The van der Waals surface area contributed by atoms with Gasteiger partial charge in [0, 0.05) is 63.3 Å². The number of rotatable bonds is 10. The van der Waals surface area contributed by atoms with Crippen molar-refractivity contribution in [3.8, 4) is 0 Å². The highest BCUT2D eigenvalue weighted by Gasteiger charge is 2.34. The Morgan fingerprint density at radius 2 is 1.67 bits per heavy atom. The number of allylic oxidation sites excluding steroid dienone is 2. The van der Waals surface area contributed by atoms with Crippen molar-refractivity contribution >= 4 is 85.7 Å². The van der Waals surface area contributed by atoms with Crippen LogP contribution in [0.3, 0.4) is 0 Å². The van der Waals surface area contributed by atoms with E-state index < -0.39 is 29.7 Å². The lowest BCUT2D eigenvalue weighted by molar-refractivity contribution is -0.140. The van der Waals surface area contributed by atoms with E-state index in [0.29, 0.717) is 28.2 Å². The number of carboxylic acids is 1. The van der Waals surface area contributed by atoms with E-state index in [2.05, 4.69) is 63.9 Å². The maximum atomic E-state index is 14.0. The molecule has 0 aromatic carbocycles. The number of carboxylic acid groups (broad SMARTS) is 1. The summed E-state index contributed by atoms with van der Waals surface area (Å²) in [6.45, 7) is 9.83. The van der Waals surface area contributed by atoms with Gasteiger partial charge in [-0.2, -0.15) is 0 Å². The average Bonchev–Trinajstić information content (AvgIpc) is 3.79. The molecule has 5 heterocycles. The molecule has 272 valence electrons. The summed E-state index contributed by atoms with van der Waals surface area (Å²) in [5.74, 6) is -3.54. The van der Waals surface area contributed by atoms with Gasteiger partial charge in [-0.1, -0.05) is 42.5 Å². The number of carbonyl (C=O) groups is 4. The Kier molecular flexibility index (Phi) is 11.8. The number of ether oxygens (including phenoxy) is 2. The van der Waals surface area contributed by atoms with Crippen LogP contribution in [0.1, 0.15) is 89.6 Å². The number of aryl methyl sites for hydroxylation is 3. The molecule has 0 unspecified atom stereocenters. The summed E-state index contributed by atoms with van der Waals surface area (Å²) in [6.07, 6.45) is 5.24. The predicted molar refractivity (Wildman–Crippen MR) is 209 cm³/mol. The fourth-order valence-electron chi connectivity index (χ4n) is 6.78. The van der Waals surface area contributed by atoms with Gasteiger partial charge in [-0.05, 0) is 77.8 Å². The Balaban J connectivity index is 2.01. The molecule has 0 fully saturated rings. The summed E-state index contributed by atoms with van der Waals surface area (Å²) >= 11 is 2.21. The number of carbonyl (C=O) groups excluding carboxylic acids is 3. The van der Waals surface area contributed by atoms with E-state index in [9.17, 15) is 24.3 Å². The Hall–Kier alpha value is -5.05. The van der Waals surface area contributed by atoms with E-state index in [1.54, 1.807) is 13.0 Å². The van der Waals surface area contributed by atoms with Crippen molar-refractivity contribution < 1.29 is 33.8 Å². The molecule has 3 aromatic rings. The van der Waals surface area contributed by atoms with E-state index in [0.717, 1.165) is 50.7 Å². The maximum absolute atomic E-state index is 14.0. The molecule has 0 spiro atoms. The van der Waals surface area contributed by atoms with Gasteiger partial charge in [-0.15, -0.1) is 0 Å². The molecule has 1 amide bonds. The molecule has 13 heteroatoms. The first-order valence-corrected chi connectivity index (χ1v) is 18.1. The van der Waals surface area contributed by atoms with Crippen molar-refractivity contribution in [2.75, 3.05) is 20.8 Å². The van der Waals surface area contributed by atoms with Crippen molar-refractivity contribution in [1.29, 1.82) is 0 Å². The normalized spacial score (nSPS) is 15.8. The van der Waals surface area contributed by atoms with Crippen LogP contribution in [0, 0.1) is 13.8 Å². The van der Waals surface area contributed by atoms with Gasteiger partial charge in [-0.3, -0.25) is 19.4 Å². The SMILES string of the molecule is CCc1c(C)c2cc3[nH]c(cc4nc(c(CC(=O)OC)c5nc(cc1[nH]2)C(C)=C5C(=O)NCCC(=O)O)[C@@H](/C=C/C(=O)OC)[C@@H]4C)c(C)c3/C=C/I. The van der Waals surface area contributed by atoms with Gasteiger partial charge in [-0.25, -0.2) is 9.78 Å². The average molecular weight is 820 g/mol. The second kappa shape index (κ2) is 16.1. The third kappa shape index (κ3) is 7.59. The number of amides is 1. The number of aromatic nitrogens is 4. The highest BCUT2D eigenvalue weighted by atomic mass is 127. The minimum Gasteiger partial charge on any atom is -0.481 e. The van der Waals surface area contributed by atoms with E-state index in [1.165, 1.54) is 20.3 Å². The molecule has 8 bridgehead atoms. The minimum atomic E-state index is -1.06. The predicted octanol–water partition coefficient (Wildman–Crippen LogP) is 6.75. The van der Waals surface area contributed by atoms with Crippen LogP contribution in [0.2, 0.25) is 0 Å². The van der Waals surface area contributed by atoms with Crippen LogP contribution in [0.25, 0.3) is 39.3 Å². The minimum absolute atomic E-state index is 0.111. The summed E-state index contributed by atoms with van der Waals surface area (Å²) in [6, 6.07) is 5.96. The van der Waals surface area contributed by atoms with Crippen molar-refractivity contribution in [2.45, 2.75) is 65.7 Å². The Morgan fingerprint density at radius 3 is 2.33 bits per heavy atom. The molecule has 2 atom stereocenters. The summed E-state index contributed by atoms with van der Waals surface area (Å²) in [7, 11) is 2.57. The van der Waals surface area contributed by atoms with E-state index in [1.807, 2.05) is 30.1 Å². The first-order chi connectivity index (χ1) is 24.8. The quantitative estimate of drug-likeness (QED) is 0.0979. The van der Waals surface area contributed by atoms with Gasteiger partial charge in [0.1, 0.15) is 0 Å². The second-order valence-corrected chi connectivity index (χ2v) is 13.4. The van der Waals surface area contributed by atoms with Crippen LogP contribution in [0.4, 0.5) is 0 Å². The molecule has 0 aliphatic carbocycles. The second-order valence-electron chi connectivity index (χ2n) is 12.7. The number of aromatic amines is 2. The van der Waals surface area contributed by atoms with Crippen LogP contribution in [-0.4, -0.2) is 69.6 Å². The molecule has 5 rings (SSSR count). The monoisotopic (exact) mass is 819 g/mol. The van der Waals surface area contributed by atoms with Crippen LogP contribution >= 0.6 is 22.6 Å². The van der Waals surface area contributed by atoms with Crippen molar-refractivity contribution in [3.63, 3.8) is 0 Å². The lowest BCUT2D eigenvalue weighted by Crippen LogP contribution is -2.27. The summed E-state index contributed by atoms with van der Waals surface area (Å²) in [5.41, 5.74) is 10.6. The lowest BCUT2D eigenvalue weighted by atomic mass is 9.87. The standard InChI is InChI=1S/C39H42IN5O7/c1-8-23-19(2)28-17-32-24(11-13-40)20(3)27(43-32)16-29-21(4)25(9-10-34(48)51-6)37(44-29)26(15-35(49)52-7)38-36(39(50)41-14-12-33(46)47)22(5)30(45-38)18-31(23)42-28/h9-11,13,16-18,21,25,42-43H,8,12,14-15H2,1-7H3,(H,41,50)(H,46,47)/b10-9+,13-11+,27-16?,28-17?,29-16?,30-18?,31-18?,32-17?,37-26?,38-26?/t21-,25-/m0/s1. The molecule has 12 nitrogen and oxygen atoms in total. The smallest absolute Gasteiger partial charge is 0.330 e. The number of nitrogens with one attached hydrogen (secondary N) is 3. The maximum Gasteiger partial charge on any atom is 0.330 e. The first kappa shape index (κ1) is 38.2. The van der Waals surface area contributed by atoms with E-state index >= 15 is 0 Å². The van der Waals surface area contributed by atoms with Crippen molar-refractivity contribution in [3.05, 3.63) is 85.0 Å². The van der Waals surface area contributed by atoms with Gasteiger partial charge >= 0.3 is 17.9 Å². The highest BCUT2D eigenvalue weighted by Crippen LogP contribution is 2.42. The molecule has 2 aliphatic heterocycles. The van der Waals surface area contributed by atoms with Crippen molar-refractivity contribution in [1.82, 2.24) is 25.3 Å². The molecule has 2 aliphatic rings. The zero-order chi connectivity index (χ0) is 37.9. The number of nitrogens with zero attached hydrogens (tertiary/aromatic N) is 2. The number of fused-ring (bicyclic) bond motifs is 8. The molecule has 0 radical (unpaired) electrons. The lowest BCUT2D eigenvalue weighted by Gasteiger charge is -2.16. The van der Waals surface area contributed by atoms with Crippen LogP contribution in [0.15, 0.2) is 34.4 Å². The number of hydrogen-bond acceptors (Lipinski definition) is 8. The summed E-state index contributed by atoms with van der Waals surface area (Å²) in [4.78, 5) is 68.1. The van der Waals surface area contributed by atoms with Gasteiger partial charge in [0.2, 0.25) is 0 Å². The van der Waals surface area contributed by atoms with Crippen molar-refractivity contribution in [2.24, 2.45) is 0 Å². The Labute approximate surface area is 315 Å². The molecule has 0 saturated heterocycles. The highest BCUT2D eigenvalue weighted by molar-refractivity contribution is 14.1. The largest absolute Gasteiger partial charge is 0.481 e. The molecule has 0 saturated carbocycles. The zero-order valence-corrected chi connectivity index (χ0v) is 32.4.